The monoisotopic (exact) mass is 464 g/mol. The van der Waals surface area contributed by atoms with Gasteiger partial charge in [-0.05, 0) is 61.2 Å². The number of imide groups is 1. The Morgan fingerprint density at radius 3 is 2.16 bits per heavy atom. The van der Waals surface area contributed by atoms with Crippen molar-refractivity contribution in [2.24, 2.45) is 0 Å². The standard InChI is InChI=1S/C26H22Cl2N2O2/c1-16-3-8-19(9-4-16)23-24(29-22-15-21(28)10-5-17(22)2)26(32)30(25(23)31)14-13-18-6-11-20(27)12-7-18/h3-12,15,29H,13-14H2,1-2H3. The van der Waals surface area contributed by atoms with E-state index < -0.39 is 0 Å². The smallest absolute Gasteiger partial charge is 0.278 e. The summed E-state index contributed by atoms with van der Waals surface area (Å²) in [6.07, 6.45) is 0.541. The Morgan fingerprint density at radius 2 is 1.47 bits per heavy atom. The van der Waals surface area contributed by atoms with Crippen LogP contribution in [0.15, 0.2) is 72.4 Å². The summed E-state index contributed by atoms with van der Waals surface area (Å²) in [5, 5.41) is 4.39. The summed E-state index contributed by atoms with van der Waals surface area (Å²) >= 11 is 12.1. The molecule has 1 aliphatic heterocycles. The molecule has 0 radical (unpaired) electrons. The second kappa shape index (κ2) is 9.19. The summed E-state index contributed by atoms with van der Waals surface area (Å²) in [7, 11) is 0. The van der Waals surface area contributed by atoms with Gasteiger partial charge in [0.25, 0.3) is 11.8 Å². The lowest BCUT2D eigenvalue weighted by atomic mass is 10.0. The summed E-state index contributed by atoms with van der Waals surface area (Å²) in [5.41, 5.74) is 5.02. The lowest BCUT2D eigenvalue weighted by molar-refractivity contribution is -0.136. The molecule has 0 bridgehead atoms. The Balaban J connectivity index is 1.68. The van der Waals surface area contributed by atoms with Crippen molar-refractivity contribution in [3.8, 4) is 0 Å². The predicted octanol–water partition coefficient (Wildman–Crippen LogP) is 6.04. The van der Waals surface area contributed by atoms with Crippen LogP contribution in [0.25, 0.3) is 5.57 Å². The zero-order valence-electron chi connectivity index (χ0n) is 17.8. The highest BCUT2D eigenvalue weighted by atomic mass is 35.5. The number of anilines is 1. The van der Waals surface area contributed by atoms with Crippen LogP contribution in [0.3, 0.4) is 0 Å². The SMILES string of the molecule is Cc1ccc(C2=C(Nc3cc(Cl)ccc3C)C(=O)N(CCc3ccc(Cl)cc3)C2=O)cc1. The quantitative estimate of drug-likeness (QED) is 0.452. The van der Waals surface area contributed by atoms with Crippen LogP contribution in [0, 0.1) is 13.8 Å². The Labute approximate surface area is 197 Å². The first-order chi connectivity index (χ1) is 15.3. The molecule has 162 valence electrons. The van der Waals surface area contributed by atoms with Crippen molar-refractivity contribution >= 4 is 46.3 Å². The van der Waals surface area contributed by atoms with Crippen molar-refractivity contribution in [1.82, 2.24) is 4.90 Å². The molecular formula is C26H22Cl2N2O2. The minimum Gasteiger partial charge on any atom is -0.350 e. The third-order valence-electron chi connectivity index (χ3n) is 5.50. The van der Waals surface area contributed by atoms with E-state index in [4.69, 9.17) is 23.2 Å². The van der Waals surface area contributed by atoms with Crippen molar-refractivity contribution in [3.05, 3.63) is 105 Å². The molecule has 2 amide bonds. The highest BCUT2D eigenvalue weighted by Crippen LogP contribution is 2.32. The van der Waals surface area contributed by atoms with E-state index in [1.165, 1.54) is 4.90 Å². The number of benzene rings is 3. The Morgan fingerprint density at radius 1 is 0.812 bits per heavy atom. The highest BCUT2D eigenvalue weighted by Gasteiger charge is 2.39. The Hall–Kier alpha value is -3.08. The molecule has 0 atom stereocenters. The van der Waals surface area contributed by atoms with E-state index in [-0.39, 0.29) is 24.1 Å². The van der Waals surface area contributed by atoms with Gasteiger partial charge in [0.1, 0.15) is 5.70 Å². The molecule has 1 N–H and O–H groups in total. The number of halogens is 2. The molecule has 0 spiro atoms. The maximum absolute atomic E-state index is 13.4. The second-order valence-electron chi connectivity index (χ2n) is 7.84. The van der Waals surface area contributed by atoms with E-state index in [1.54, 1.807) is 24.3 Å². The van der Waals surface area contributed by atoms with E-state index in [0.29, 0.717) is 33.3 Å². The second-order valence-corrected chi connectivity index (χ2v) is 8.71. The van der Waals surface area contributed by atoms with Crippen LogP contribution >= 0.6 is 23.2 Å². The van der Waals surface area contributed by atoms with Gasteiger partial charge < -0.3 is 5.32 Å². The molecule has 1 heterocycles. The van der Waals surface area contributed by atoms with Gasteiger partial charge in [0, 0.05) is 22.3 Å². The van der Waals surface area contributed by atoms with Crippen molar-refractivity contribution in [1.29, 1.82) is 0 Å². The predicted molar refractivity (Wildman–Crippen MR) is 130 cm³/mol. The number of amides is 2. The first-order valence-corrected chi connectivity index (χ1v) is 11.0. The zero-order valence-corrected chi connectivity index (χ0v) is 19.3. The summed E-state index contributed by atoms with van der Waals surface area (Å²) in [5.74, 6) is -0.658. The van der Waals surface area contributed by atoms with Gasteiger partial charge >= 0.3 is 0 Å². The van der Waals surface area contributed by atoms with Crippen LogP contribution in [-0.4, -0.2) is 23.3 Å². The van der Waals surface area contributed by atoms with Gasteiger partial charge in [0.15, 0.2) is 0 Å². The maximum atomic E-state index is 13.4. The van der Waals surface area contributed by atoms with Crippen LogP contribution in [0.4, 0.5) is 5.69 Å². The van der Waals surface area contributed by atoms with Crippen molar-refractivity contribution in [2.45, 2.75) is 20.3 Å². The van der Waals surface area contributed by atoms with Gasteiger partial charge in [0.05, 0.1) is 5.57 Å². The van der Waals surface area contributed by atoms with E-state index in [0.717, 1.165) is 16.7 Å². The number of hydrogen-bond acceptors (Lipinski definition) is 3. The third-order valence-corrected chi connectivity index (χ3v) is 5.99. The van der Waals surface area contributed by atoms with Gasteiger partial charge in [0.2, 0.25) is 0 Å². The molecule has 4 rings (SSSR count). The Bertz CT molecular complexity index is 1220. The van der Waals surface area contributed by atoms with Gasteiger partial charge in [-0.25, -0.2) is 0 Å². The summed E-state index contributed by atoms with van der Waals surface area (Å²) in [6, 6.07) is 20.4. The topological polar surface area (TPSA) is 49.4 Å². The molecule has 1 aliphatic rings. The number of carbonyl (C=O) groups excluding carboxylic acids is 2. The number of carbonyl (C=O) groups is 2. The van der Waals surface area contributed by atoms with Crippen molar-refractivity contribution < 1.29 is 9.59 Å². The molecule has 6 heteroatoms. The Kier molecular flexibility index (Phi) is 6.35. The van der Waals surface area contributed by atoms with Gasteiger partial charge in [-0.1, -0.05) is 71.2 Å². The van der Waals surface area contributed by atoms with E-state index >= 15 is 0 Å². The molecule has 3 aromatic rings. The number of aryl methyl sites for hydroxylation is 2. The summed E-state index contributed by atoms with van der Waals surface area (Å²) < 4.78 is 0. The van der Waals surface area contributed by atoms with Crippen molar-refractivity contribution in [3.63, 3.8) is 0 Å². The van der Waals surface area contributed by atoms with Gasteiger partial charge in [-0.15, -0.1) is 0 Å². The lowest BCUT2D eigenvalue weighted by Crippen LogP contribution is -2.34. The normalized spacial score (nSPS) is 13.8. The zero-order chi connectivity index (χ0) is 22.8. The maximum Gasteiger partial charge on any atom is 0.278 e. The van der Waals surface area contributed by atoms with E-state index in [9.17, 15) is 9.59 Å². The average Bonchev–Trinajstić information content (AvgIpc) is 3.00. The number of hydrogen-bond donors (Lipinski definition) is 1. The molecule has 3 aromatic carbocycles. The van der Waals surface area contributed by atoms with Crippen LogP contribution in [0.2, 0.25) is 10.0 Å². The number of nitrogens with one attached hydrogen (secondary N) is 1. The minimum absolute atomic E-state index is 0.264. The van der Waals surface area contributed by atoms with Gasteiger partial charge in [-0.3, -0.25) is 14.5 Å². The first-order valence-electron chi connectivity index (χ1n) is 10.3. The molecule has 0 saturated heterocycles. The number of rotatable bonds is 6. The highest BCUT2D eigenvalue weighted by molar-refractivity contribution is 6.36. The van der Waals surface area contributed by atoms with Crippen LogP contribution in [-0.2, 0) is 16.0 Å². The van der Waals surface area contributed by atoms with E-state index in [1.807, 2.05) is 56.3 Å². The fourth-order valence-corrected chi connectivity index (χ4v) is 3.94. The lowest BCUT2D eigenvalue weighted by Gasteiger charge is -2.16. The summed E-state index contributed by atoms with van der Waals surface area (Å²) in [4.78, 5) is 28.1. The fraction of sp³-hybridized carbons (Fsp3) is 0.154. The molecule has 0 unspecified atom stereocenters. The van der Waals surface area contributed by atoms with Crippen LogP contribution in [0.5, 0.6) is 0 Å². The molecule has 32 heavy (non-hydrogen) atoms. The molecular weight excluding hydrogens is 443 g/mol. The fourth-order valence-electron chi connectivity index (χ4n) is 3.64. The first kappa shape index (κ1) is 22.1. The molecule has 0 saturated carbocycles. The molecule has 0 aromatic heterocycles. The summed E-state index contributed by atoms with van der Waals surface area (Å²) in [6.45, 7) is 4.17. The van der Waals surface area contributed by atoms with E-state index in [2.05, 4.69) is 5.32 Å². The average molecular weight is 465 g/mol. The molecule has 4 nitrogen and oxygen atoms in total. The van der Waals surface area contributed by atoms with Gasteiger partial charge in [-0.2, -0.15) is 0 Å². The molecule has 0 fully saturated rings. The van der Waals surface area contributed by atoms with Crippen LogP contribution < -0.4 is 5.32 Å². The number of nitrogens with zero attached hydrogens (tertiary/aromatic N) is 1. The van der Waals surface area contributed by atoms with Crippen molar-refractivity contribution in [2.75, 3.05) is 11.9 Å². The third kappa shape index (κ3) is 4.57. The minimum atomic E-state index is -0.348. The molecule has 0 aliphatic carbocycles. The largest absolute Gasteiger partial charge is 0.350 e. The van der Waals surface area contributed by atoms with Crippen LogP contribution in [0.1, 0.15) is 22.3 Å².